The number of fused-ring (bicyclic) bond motifs is 2. The maximum Gasteiger partial charge on any atom is 0.313 e. The quantitative estimate of drug-likeness (QED) is 0.239. The Morgan fingerprint density at radius 3 is 2.81 bits per heavy atom. The number of oxime groups is 1. The third-order valence-corrected chi connectivity index (χ3v) is 9.29. The molecule has 43 heavy (non-hydrogen) atoms. The highest BCUT2D eigenvalue weighted by atomic mass is 16.7. The molecule has 8 atom stereocenters. The fraction of sp³-hybridized carbons (Fsp3) is 0.657. The molecule has 0 radical (unpaired) electrons. The lowest BCUT2D eigenvalue weighted by Crippen LogP contribution is -2.55. The van der Waals surface area contributed by atoms with Gasteiger partial charge in [-0.3, -0.25) is 4.79 Å². The van der Waals surface area contributed by atoms with E-state index in [1.54, 1.807) is 7.11 Å². The molecule has 2 unspecified atom stereocenters. The summed E-state index contributed by atoms with van der Waals surface area (Å²) < 4.78 is 26.1. The Labute approximate surface area is 256 Å². The average Bonchev–Trinajstić information content (AvgIpc) is 3.36. The Bertz CT molecular complexity index is 1230. The van der Waals surface area contributed by atoms with Crippen molar-refractivity contribution in [2.45, 2.75) is 116 Å². The number of allylic oxidation sites excluding steroid dienone is 5. The van der Waals surface area contributed by atoms with Crippen LogP contribution in [0.1, 0.15) is 79.6 Å². The van der Waals surface area contributed by atoms with Crippen LogP contribution in [0.2, 0.25) is 0 Å². The van der Waals surface area contributed by atoms with Crippen molar-refractivity contribution in [1.29, 1.82) is 0 Å². The van der Waals surface area contributed by atoms with Crippen LogP contribution in [0.25, 0.3) is 0 Å². The van der Waals surface area contributed by atoms with Crippen LogP contribution in [0.3, 0.4) is 0 Å². The van der Waals surface area contributed by atoms with E-state index in [0.29, 0.717) is 44.6 Å². The highest BCUT2D eigenvalue weighted by molar-refractivity contribution is 5.86. The molecule has 5 aliphatic rings. The van der Waals surface area contributed by atoms with Gasteiger partial charge in [-0.25, -0.2) is 0 Å². The lowest BCUT2D eigenvalue weighted by molar-refractivity contribution is -0.308. The molecule has 2 bridgehead atoms. The summed E-state index contributed by atoms with van der Waals surface area (Å²) in [5.41, 5.74) is 5.05. The Morgan fingerprint density at radius 1 is 1.23 bits per heavy atom. The number of aliphatic hydroxyl groups excluding tert-OH is 1. The first-order chi connectivity index (χ1) is 20.6. The van der Waals surface area contributed by atoms with Crippen molar-refractivity contribution in [3.05, 3.63) is 58.7 Å². The number of carbonyl (C=O) groups excluding carboxylic acids is 1. The minimum atomic E-state index is -0.991. The number of hydrogen-bond acceptors (Lipinski definition) is 8. The van der Waals surface area contributed by atoms with Crippen LogP contribution in [0.4, 0.5) is 0 Å². The zero-order valence-electron chi connectivity index (χ0n) is 26.6. The van der Waals surface area contributed by atoms with Gasteiger partial charge in [0.15, 0.2) is 5.79 Å². The summed E-state index contributed by atoms with van der Waals surface area (Å²) >= 11 is 0. The lowest BCUT2D eigenvalue weighted by atomic mass is 9.75. The number of esters is 1. The van der Waals surface area contributed by atoms with Gasteiger partial charge in [0.05, 0.1) is 36.5 Å². The van der Waals surface area contributed by atoms with Gasteiger partial charge in [-0.05, 0) is 62.7 Å². The molecule has 8 nitrogen and oxygen atoms in total. The smallest absolute Gasteiger partial charge is 0.313 e. The average molecular weight is 596 g/mol. The minimum absolute atomic E-state index is 0.189. The largest absolute Gasteiger partial charge is 0.462 e. The topological polar surface area (TPSA) is 95.8 Å². The van der Waals surface area contributed by atoms with Crippen molar-refractivity contribution in [3.8, 4) is 0 Å². The van der Waals surface area contributed by atoms with E-state index >= 15 is 0 Å². The Balaban J connectivity index is 1.49. The maximum absolute atomic E-state index is 14.0. The maximum atomic E-state index is 14.0. The van der Waals surface area contributed by atoms with Crippen molar-refractivity contribution in [2.75, 3.05) is 13.7 Å². The summed E-state index contributed by atoms with van der Waals surface area (Å²) in [6, 6.07) is 0. The predicted molar refractivity (Wildman–Crippen MR) is 165 cm³/mol. The minimum Gasteiger partial charge on any atom is -0.462 e. The molecule has 0 aromatic heterocycles. The van der Waals surface area contributed by atoms with Gasteiger partial charge in [-0.15, -0.1) is 0 Å². The Hall–Kier alpha value is -2.52. The van der Waals surface area contributed by atoms with Crippen LogP contribution in [-0.2, 0) is 28.6 Å². The van der Waals surface area contributed by atoms with Crippen LogP contribution in [0.5, 0.6) is 0 Å². The van der Waals surface area contributed by atoms with Gasteiger partial charge >= 0.3 is 5.97 Å². The molecule has 1 N–H and O–H groups in total. The summed E-state index contributed by atoms with van der Waals surface area (Å²) in [5.74, 6) is -1.72. The molecule has 0 amide bonds. The molecule has 0 aromatic carbocycles. The van der Waals surface area contributed by atoms with Gasteiger partial charge in [0, 0.05) is 31.6 Å². The van der Waals surface area contributed by atoms with E-state index in [4.69, 9.17) is 23.8 Å². The number of hydrogen-bond donors (Lipinski definition) is 1. The summed E-state index contributed by atoms with van der Waals surface area (Å²) in [6.45, 7) is 10.8. The fourth-order valence-electron chi connectivity index (χ4n) is 7.29. The molecule has 4 heterocycles. The molecule has 0 saturated carbocycles. The predicted octanol–water partition coefficient (Wildman–Crippen LogP) is 6.12. The first-order valence-corrected chi connectivity index (χ1v) is 15.9. The van der Waals surface area contributed by atoms with E-state index in [1.165, 1.54) is 5.57 Å². The van der Waals surface area contributed by atoms with Gasteiger partial charge in [-0.2, -0.15) is 0 Å². The second-order valence-electron chi connectivity index (χ2n) is 13.3. The standard InChI is InChI=1S/C35H49NO7/c1-21(2)14-23(4)30-16-26(36-39-6)18-35(43-30)19-28-17-27(42-35)13-12-22(3)10-8-7-9-11-25-20-40-33-31(25)29(34(38)41-28)15-24(5)32(33)37/h7,9,11-12,14-15,21,27-33,37H,8,10,13,16-20H2,1-6H3/b9-7+,22-12+,23-14+,25-11+,36-26-/t27-,28+,29-,30+,31?,32-,33?,35-/m1/s1. The fourth-order valence-corrected chi connectivity index (χ4v) is 7.29. The van der Waals surface area contributed by atoms with E-state index in [2.05, 4.69) is 57.2 Å². The highest BCUT2D eigenvalue weighted by Crippen LogP contribution is 2.45. The van der Waals surface area contributed by atoms with Gasteiger partial charge in [0.2, 0.25) is 0 Å². The molecule has 5 rings (SSSR count). The van der Waals surface area contributed by atoms with Gasteiger partial charge < -0.3 is 28.9 Å². The molecule has 3 fully saturated rings. The molecule has 236 valence electrons. The second kappa shape index (κ2) is 13.6. The number of aliphatic hydroxyl groups is 1. The van der Waals surface area contributed by atoms with Gasteiger partial charge in [0.1, 0.15) is 19.3 Å². The number of ether oxygens (including phenoxy) is 4. The SMILES string of the molecule is CO/N=C1/C[C@@H](/C(C)=C/C(C)C)O[C@]2(C1)C[C@@H]1C[C@@H](C/C=C(\C)CC/C=C/C=C3\COC4C3[C@@H](C=C(C)[C@H]4O)C(=O)O1)O2. The van der Waals surface area contributed by atoms with Crippen LogP contribution in [0.15, 0.2) is 63.9 Å². The van der Waals surface area contributed by atoms with Crippen molar-refractivity contribution in [3.63, 3.8) is 0 Å². The van der Waals surface area contributed by atoms with E-state index in [9.17, 15) is 9.90 Å². The molecular formula is C35H49NO7. The van der Waals surface area contributed by atoms with Crippen molar-refractivity contribution < 1.29 is 33.7 Å². The molecule has 0 aromatic rings. The van der Waals surface area contributed by atoms with Gasteiger partial charge in [-0.1, -0.05) is 61.0 Å². The van der Waals surface area contributed by atoms with Crippen LogP contribution >= 0.6 is 0 Å². The summed E-state index contributed by atoms with van der Waals surface area (Å²) in [5, 5.41) is 15.3. The van der Waals surface area contributed by atoms with E-state index < -0.39 is 30.0 Å². The zero-order valence-corrected chi connectivity index (χ0v) is 26.6. The van der Waals surface area contributed by atoms with E-state index in [0.717, 1.165) is 35.3 Å². The third kappa shape index (κ3) is 7.42. The molecule has 8 heteroatoms. The van der Waals surface area contributed by atoms with Crippen LogP contribution < -0.4 is 0 Å². The van der Waals surface area contributed by atoms with E-state index in [1.807, 2.05) is 19.1 Å². The van der Waals surface area contributed by atoms with Crippen molar-refractivity contribution >= 4 is 11.7 Å². The Kier molecular flexibility index (Phi) is 10.1. The third-order valence-electron chi connectivity index (χ3n) is 9.29. The summed E-state index contributed by atoms with van der Waals surface area (Å²) in [4.78, 5) is 19.2. The van der Waals surface area contributed by atoms with Gasteiger partial charge in [0.25, 0.3) is 0 Å². The molecule has 1 spiro atoms. The molecular weight excluding hydrogens is 546 g/mol. The number of rotatable bonds is 3. The summed E-state index contributed by atoms with van der Waals surface area (Å²) in [6.07, 6.45) is 15.2. The zero-order chi connectivity index (χ0) is 30.7. The van der Waals surface area contributed by atoms with Crippen molar-refractivity contribution in [1.82, 2.24) is 0 Å². The molecule has 1 aliphatic carbocycles. The first kappa shape index (κ1) is 31.9. The van der Waals surface area contributed by atoms with E-state index in [-0.39, 0.29) is 24.1 Å². The first-order valence-electron chi connectivity index (χ1n) is 15.9. The highest BCUT2D eigenvalue weighted by Gasteiger charge is 2.51. The van der Waals surface area contributed by atoms with Crippen LogP contribution in [-0.4, -0.2) is 66.8 Å². The van der Waals surface area contributed by atoms with Crippen molar-refractivity contribution in [2.24, 2.45) is 22.9 Å². The normalized spacial score (nSPS) is 41.5. The molecule has 4 aliphatic heterocycles. The second-order valence-corrected chi connectivity index (χ2v) is 13.3. The molecule has 3 saturated heterocycles. The van der Waals surface area contributed by atoms with Crippen LogP contribution in [0, 0.1) is 17.8 Å². The Morgan fingerprint density at radius 2 is 2.05 bits per heavy atom. The lowest BCUT2D eigenvalue weighted by Gasteiger charge is -2.48. The number of carbonyl (C=O) groups is 1. The summed E-state index contributed by atoms with van der Waals surface area (Å²) in [7, 11) is 1.56. The monoisotopic (exact) mass is 595 g/mol. The number of nitrogens with zero attached hydrogens (tertiary/aromatic N) is 1.